The summed E-state index contributed by atoms with van der Waals surface area (Å²) in [5.41, 5.74) is 0.284. The second-order valence-electron chi connectivity index (χ2n) is 6.37. The van der Waals surface area contributed by atoms with Gasteiger partial charge < -0.3 is 5.11 Å². The van der Waals surface area contributed by atoms with Crippen LogP contribution in [0, 0.1) is 0 Å². The molecule has 0 amide bonds. The van der Waals surface area contributed by atoms with Crippen LogP contribution in [0.1, 0.15) is 83.6 Å². The highest BCUT2D eigenvalue weighted by molar-refractivity contribution is 5.81. The number of unbranched alkanes of at least 4 members (excludes halogenated alkanes) is 6. The molecule has 0 aliphatic carbocycles. The van der Waals surface area contributed by atoms with Gasteiger partial charge in [0.25, 0.3) is 0 Å². The molecule has 1 unspecified atom stereocenters. The van der Waals surface area contributed by atoms with Gasteiger partial charge in [0.1, 0.15) is 0 Å². The van der Waals surface area contributed by atoms with Gasteiger partial charge in [0.15, 0.2) is 0 Å². The van der Waals surface area contributed by atoms with Crippen LogP contribution in [-0.4, -0.2) is 11.1 Å². The van der Waals surface area contributed by atoms with Crippen molar-refractivity contribution in [2.45, 2.75) is 83.5 Å². The van der Waals surface area contributed by atoms with Crippen molar-refractivity contribution in [3.8, 4) is 0 Å². The van der Waals surface area contributed by atoms with Crippen LogP contribution < -0.4 is 0 Å². The minimum absolute atomic E-state index is 0.652. The first-order valence-corrected chi connectivity index (χ1v) is 8.96. The molecule has 1 rings (SSSR count). The highest BCUT2D eigenvalue weighted by atomic mass is 16.4. The number of carboxylic acid groups (broad SMARTS) is 1. The number of hydrogen-bond acceptors (Lipinski definition) is 1. The largest absolute Gasteiger partial charge is 0.481 e. The van der Waals surface area contributed by atoms with Gasteiger partial charge in [-0.15, -0.1) is 0 Å². The molecule has 2 heteroatoms. The highest BCUT2D eigenvalue weighted by Gasteiger charge is 2.38. The van der Waals surface area contributed by atoms with Gasteiger partial charge in [0.05, 0.1) is 5.41 Å². The summed E-state index contributed by atoms with van der Waals surface area (Å²) in [4.78, 5) is 12.1. The molecule has 0 bridgehead atoms. The third-order valence-corrected chi connectivity index (χ3v) is 4.65. The first kappa shape index (κ1) is 18.7. The van der Waals surface area contributed by atoms with E-state index in [0.29, 0.717) is 0 Å². The molecule has 0 aromatic heterocycles. The first-order valence-electron chi connectivity index (χ1n) is 8.96. The SMILES string of the molecule is CCCCCCCCC(CCCC)(C(=O)O)c1ccccc1. The lowest BCUT2D eigenvalue weighted by Gasteiger charge is -2.30. The number of carboxylic acids is 1. The molecule has 1 N–H and O–H groups in total. The fraction of sp³-hybridized carbons (Fsp3) is 0.650. The van der Waals surface area contributed by atoms with Crippen LogP contribution in [0.4, 0.5) is 0 Å². The third-order valence-electron chi connectivity index (χ3n) is 4.65. The molecule has 0 saturated carbocycles. The average molecular weight is 304 g/mol. The fourth-order valence-corrected chi connectivity index (χ4v) is 3.19. The van der Waals surface area contributed by atoms with E-state index in [2.05, 4.69) is 13.8 Å². The predicted octanol–water partition coefficient (Wildman–Crippen LogP) is 5.95. The first-order chi connectivity index (χ1) is 10.7. The van der Waals surface area contributed by atoms with E-state index in [0.717, 1.165) is 44.1 Å². The summed E-state index contributed by atoms with van der Waals surface area (Å²) < 4.78 is 0. The molecule has 0 saturated heterocycles. The molecular formula is C20H32O2. The van der Waals surface area contributed by atoms with Gasteiger partial charge in [-0.1, -0.05) is 95.5 Å². The van der Waals surface area contributed by atoms with Crippen molar-refractivity contribution in [1.82, 2.24) is 0 Å². The molecule has 1 atom stereocenters. The van der Waals surface area contributed by atoms with Gasteiger partial charge in [-0.05, 0) is 18.4 Å². The van der Waals surface area contributed by atoms with E-state index in [1.165, 1.54) is 25.7 Å². The van der Waals surface area contributed by atoms with Gasteiger partial charge in [0.2, 0.25) is 0 Å². The normalized spacial score (nSPS) is 13.7. The quantitative estimate of drug-likeness (QED) is 0.484. The van der Waals surface area contributed by atoms with Crippen molar-refractivity contribution in [3.05, 3.63) is 35.9 Å². The van der Waals surface area contributed by atoms with Crippen LogP contribution in [0.2, 0.25) is 0 Å². The molecule has 0 aliphatic rings. The van der Waals surface area contributed by atoms with Crippen molar-refractivity contribution >= 4 is 5.97 Å². The maximum Gasteiger partial charge on any atom is 0.314 e. The van der Waals surface area contributed by atoms with Crippen molar-refractivity contribution in [2.75, 3.05) is 0 Å². The van der Waals surface area contributed by atoms with Crippen molar-refractivity contribution < 1.29 is 9.90 Å². The van der Waals surface area contributed by atoms with Crippen molar-refractivity contribution in [2.24, 2.45) is 0 Å². The van der Waals surface area contributed by atoms with Gasteiger partial charge in [-0.3, -0.25) is 4.79 Å². The average Bonchev–Trinajstić information content (AvgIpc) is 2.54. The van der Waals surface area contributed by atoms with E-state index in [1.807, 2.05) is 30.3 Å². The van der Waals surface area contributed by atoms with Crippen molar-refractivity contribution in [3.63, 3.8) is 0 Å². The molecule has 2 nitrogen and oxygen atoms in total. The van der Waals surface area contributed by atoms with Crippen molar-refractivity contribution in [1.29, 1.82) is 0 Å². The van der Waals surface area contributed by atoms with E-state index in [1.54, 1.807) is 0 Å². The van der Waals surface area contributed by atoms with Gasteiger partial charge >= 0.3 is 5.97 Å². The predicted molar refractivity (Wildman–Crippen MR) is 93.3 cm³/mol. The minimum atomic E-state index is -0.692. The maximum absolute atomic E-state index is 12.1. The van der Waals surface area contributed by atoms with Crippen LogP contribution >= 0.6 is 0 Å². The van der Waals surface area contributed by atoms with Crippen LogP contribution in [0.5, 0.6) is 0 Å². The fourth-order valence-electron chi connectivity index (χ4n) is 3.19. The Bertz CT molecular complexity index is 413. The molecule has 0 aliphatic heterocycles. The molecule has 124 valence electrons. The van der Waals surface area contributed by atoms with Crippen LogP contribution in [0.15, 0.2) is 30.3 Å². The number of hydrogen-bond donors (Lipinski definition) is 1. The Morgan fingerprint density at radius 3 is 2.00 bits per heavy atom. The Morgan fingerprint density at radius 2 is 1.41 bits per heavy atom. The zero-order valence-corrected chi connectivity index (χ0v) is 14.3. The van der Waals surface area contributed by atoms with Crippen LogP contribution in [0.3, 0.4) is 0 Å². The zero-order valence-electron chi connectivity index (χ0n) is 14.3. The topological polar surface area (TPSA) is 37.3 Å². The Kier molecular flexibility index (Phi) is 8.88. The van der Waals surface area contributed by atoms with E-state index in [-0.39, 0.29) is 0 Å². The maximum atomic E-state index is 12.1. The summed E-state index contributed by atoms with van der Waals surface area (Å²) in [6, 6.07) is 9.85. The summed E-state index contributed by atoms with van der Waals surface area (Å²) in [5, 5.41) is 9.94. The third kappa shape index (κ3) is 5.47. The Hall–Kier alpha value is -1.31. The molecule has 22 heavy (non-hydrogen) atoms. The lowest BCUT2D eigenvalue weighted by molar-refractivity contribution is -0.144. The summed E-state index contributed by atoms with van der Waals surface area (Å²) in [6.07, 6.45) is 10.7. The zero-order chi connectivity index (χ0) is 16.3. The van der Waals surface area contributed by atoms with Gasteiger partial charge in [-0.25, -0.2) is 0 Å². The van der Waals surface area contributed by atoms with E-state index < -0.39 is 11.4 Å². The molecule has 0 heterocycles. The smallest absolute Gasteiger partial charge is 0.314 e. The Morgan fingerprint density at radius 1 is 0.864 bits per heavy atom. The molecule has 1 aromatic rings. The van der Waals surface area contributed by atoms with Gasteiger partial charge in [-0.2, -0.15) is 0 Å². The van der Waals surface area contributed by atoms with Crippen LogP contribution in [0.25, 0.3) is 0 Å². The molecule has 0 fully saturated rings. The number of carbonyl (C=O) groups is 1. The summed E-state index contributed by atoms with van der Waals surface area (Å²) in [5.74, 6) is -0.652. The lowest BCUT2D eigenvalue weighted by Crippen LogP contribution is -2.36. The molecule has 0 spiro atoms. The Balaban J connectivity index is 2.74. The lowest BCUT2D eigenvalue weighted by atomic mass is 9.72. The molecule has 1 aromatic carbocycles. The summed E-state index contributed by atoms with van der Waals surface area (Å²) in [6.45, 7) is 4.35. The van der Waals surface area contributed by atoms with Crippen LogP contribution in [-0.2, 0) is 10.2 Å². The monoisotopic (exact) mass is 304 g/mol. The summed E-state index contributed by atoms with van der Waals surface area (Å²) in [7, 11) is 0. The molecule has 0 radical (unpaired) electrons. The standard InChI is InChI=1S/C20H32O2/c1-3-5-7-8-9-13-17-20(19(21)22,16-6-4-2)18-14-11-10-12-15-18/h10-12,14-15H,3-9,13,16-17H2,1-2H3,(H,21,22). The highest BCUT2D eigenvalue weighted by Crippen LogP contribution is 2.36. The second kappa shape index (κ2) is 10.4. The van der Waals surface area contributed by atoms with Gasteiger partial charge in [0, 0.05) is 0 Å². The number of rotatable bonds is 12. The molecular weight excluding hydrogens is 272 g/mol. The summed E-state index contributed by atoms with van der Waals surface area (Å²) >= 11 is 0. The Labute approximate surface area is 135 Å². The second-order valence-corrected chi connectivity index (χ2v) is 6.37. The van der Waals surface area contributed by atoms with E-state index in [9.17, 15) is 9.90 Å². The number of aliphatic carboxylic acids is 1. The van der Waals surface area contributed by atoms with E-state index in [4.69, 9.17) is 0 Å². The minimum Gasteiger partial charge on any atom is -0.481 e. The van der Waals surface area contributed by atoms with E-state index >= 15 is 0 Å². The number of benzene rings is 1.